The Morgan fingerprint density at radius 3 is 1.36 bits per heavy atom. The van der Waals surface area contributed by atoms with Gasteiger partial charge in [0.25, 0.3) is 0 Å². The molecule has 0 fully saturated rings. The first-order chi connectivity index (χ1) is 10.7. The summed E-state index contributed by atoms with van der Waals surface area (Å²) in [6.07, 6.45) is 8.74. The van der Waals surface area contributed by atoms with E-state index in [1.165, 1.54) is 11.1 Å². The molecule has 114 valence electrons. The van der Waals surface area contributed by atoms with Gasteiger partial charge >= 0.3 is 0 Å². The lowest BCUT2D eigenvalue weighted by Gasteiger charge is -1.96. The summed E-state index contributed by atoms with van der Waals surface area (Å²) in [6, 6.07) is 16.7. The summed E-state index contributed by atoms with van der Waals surface area (Å²) in [4.78, 5) is 0. The van der Waals surface area contributed by atoms with E-state index >= 15 is 0 Å². The van der Waals surface area contributed by atoms with Crippen LogP contribution in [0.15, 0.2) is 69.6 Å². The van der Waals surface area contributed by atoms with E-state index in [-0.39, 0.29) is 0 Å². The van der Waals surface area contributed by atoms with Crippen molar-refractivity contribution in [2.75, 3.05) is 11.5 Å². The van der Waals surface area contributed by atoms with Crippen LogP contribution < -0.4 is 0 Å². The van der Waals surface area contributed by atoms with Gasteiger partial charge in [-0.3, -0.25) is 0 Å². The molecule has 2 rings (SSSR count). The molecule has 0 saturated carbocycles. The molecule has 0 aliphatic carbocycles. The molecule has 2 aromatic carbocycles. The third-order valence-corrected chi connectivity index (χ3v) is 5.97. The third-order valence-electron chi connectivity index (χ3n) is 2.77. The lowest BCUT2D eigenvalue weighted by atomic mass is 10.2. The lowest BCUT2D eigenvalue weighted by Crippen LogP contribution is -1.74. The Kier molecular flexibility index (Phi) is 8.45. The summed E-state index contributed by atoms with van der Waals surface area (Å²) in [5.74, 6) is 2.04. The first-order valence-electron chi connectivity index (χ1n) is 6.83. The highest BCUT2D eigenvalue weighted by atomic mass is 79.9. The quantitative estimate of drug-likeness (QED) is 0.316. The van der Waals surface area contributed by atoms with Crippen LogP contribution in [-0.2, 0) is 0 Å². The largest absolute Gasteiger partial charge is 0.0897 e. The molecular formula is C18H16Br2S2. The first-order valence-corrected chi connectivity index (χ1v) is 10.9. The summed E-state index contributed by atoms with van der Waals surface area (Å²) in [6.45, 7) is 0. The minimum Gasteiger partial charge on any atom is -0.0897 e. The number of hydrogen-bond acceptors (Lipinski definition) is 2. The predicted molar refractivity (Wildman–Crippen MR) is 111 cm³/mol. The molecule has 0 aliphatic rings. The molecule has 0 N–H and O–H groups in total. The van der Waals surface area contributed by atoms with Gasteiger partial charge < -0.3 is 0 Å². The highest BCUT2D eigenvalue weighted by Crippen LogP contribution is 2.22. The monoisotopic (exact) mass is 454 g/mol. The van der Waals surface area contributed by atoms with Crippen LogP contribution in [-0.4, -0.2) is 11.5 Å². The van der Waals surface area contributed by atoms with E-state index < -0.39 is 0 Å². The number of rotatable bonds is 7. The zero-order chi connectivity index (χ0) is 15.6. The van der Waals surface area contributed by atoms with Crippen molar-refractivity contribution in [2.24, 2.45) is 0 Å². The van der Waals surface area contributed by atoms with Crippen molar-refractivity contribution in [3.63, 3.8) is 0 Å². The maximum Gasteiger partial charge on any atom is 0.0221 e. The van der Waals surface area contributed by atoms with Crippen LogP contribution >= 0.6 is 53.4 Å². The molecule has 0 unspecified atom stereocenters. The third kappa shape index (κ3) is 7.23. The van der Waals surface area contributed by atoms with Crippen LogP contribution in [0, 0.1) is 0 Å². The second-order valence-electron chi connectivity index (χ2n) is 4.48. The molecule has 22 heavy (non-hydrogen) atoms. The molecule has 0 bridgehead atoms. The van der Waals surface area contributed by atoms with E-state index in [0.717, 1.165) is 20.5 Å². The highest BCUT2D eigenvalue weighted by Gasteiger charge is 1.89. The Hall–Kier alpha value is -0.420. The van der Waals surface area contributed by atoms with Gasteiger partial charge in [0.2, 0.25) is 0 Å². The smallest absolute Gasteiger partial charge is 0.0221 e. The molecular weight excluding hydrogens is 440 g/mol. The fourth-order valence-electron chi connectivity index (χ4n) is 1.69. The molecule has 0 aliphatic heterocycles. The fraction of sp³-hybridized carbons (Fsp3) is 0.111. The summed E-state index contributed by atoms with van der Waals surface area (Å²) >= 11 is 6.89. The van der Waals surface area contributed by atoms with E-state index in [1.807, 2.05) is 21.6 Å². The van der Waals surface area contributed by atoms with Crippen LogP contribution in [0.3, 0.4) is 0 Å². The van der Waals surface area contributed by atoms with Crippen LogP contribution in [0.2, 0.25) is 0 Å². The summed E-state index contributed by atoms with van der Waals surface area (Å²) in [5, 5.41) is 0. The normalized spacial score (nSPS) is 11.5. The van der Waals surface area contributed by atoms with Crippen LogP contribution in [0.25, 0.3) is 12.2 Å². The minimum atomic E-state index is 1.02. The summed E-state index contributed by atoms with van der Waals surface area (Å²) in [5.41, 5.74) is 2.48. The fourth-order valence-corrected chi connectivity index (χ4v) is 3.81. The first kappa shape index (κ1) is 17.9. The van der Waals surface area contributed by atoms with Gasteiger partial charge in [-0.15, -0.1) is 0 Å². The van der Waals surface area contributed by atoms with Crippen LogP contribution in [0.1, 0.15) is 11.1 Å². The summed E-state index contributed by atoms with van der Waals surface area (Å²) in [7, 11) is 3.75. The Morgan fingerprint density at radius 1 is 0.636 bits per heavy atom. The maximum atomic E-state index is 3.44. The number of hydrogen-bond donors (Lipinski definition) is 0. The standard InChI is InChI=1S/C18H16Br2S2/c19-17-9-5-15(6-10-17)3-1-13-21-22-14-2-4-16-7-11-18(20)12-8-16/h1-12H,13-14H2/b3-1+,4-2+. The highest BCUT2D eigenvalue weighted by molar-refractivity contribution is 9.10. The van der Waals surface area contributed by atoms with Crippen LogP contribution in [0.4, 0.5) is 0 Å². The minimum absolute atomic E-state index is 1.02. The van der Waals surface area contributed by atoms with Crippen molar-refractivity contribution in [2.45, 2.75) is 0 Å². The van der Waals surface area contributed by atoms with Crippen molar-refractivity contribution in [3.8, 4) is 0 Å². The van der Waals surface area contributed by atoms with E-state index in [9.17, 15) is 0 Å². The van der Waals surface area contributed by atoms with E-state index in [0.29, 0.717) is 0 Å². The Bertz CT molecular complexity index is 559. The number of halogens is 2. The topological polar surface area (TPSA) is 0 Å². The van der Waals surface area contributed by atoms with Gasteiger partial charge in [-0.2, -0.15) is 0 Å². The van der Waals surface area contributed by atoms with Crippen molar-refractivity contribution < 1.29 is 0 Å². The summed E-state index contributed by atoms with van der Waals surface area (Å²) < 4.78 is 2.24. The van der Waals surface area contributed by atoms with Gasteiger partial charge in [-0.1, -0.05) is 102 Å². The van der Waals surface area contributed by atoms with Gasteiger partial charge in [0.1, 0.15) is 0 Å². The average Bonchev–Trinajstić information content (AvgIpc) is 2.53. The lowest BCUT2D eigenvalue weighted by molar-refractivity contribution is 1.61. The van der Waals surface area contributed by atoms with Gasteiger partial charge in [0, 0.05) is 20.5 Å². The SMILES string of the molecule is Brc1ccc(/C=C/CSSC/C=C/c2ccc(Br)cc2)cc1. The molecule has 0 heterocycles. The van der Waals surface area contributed by atoms with E-state index in [4.69, 9.17) is 0 Å². The van der Waals surface area contributed by atoms with Gasteiger partial charge in [-0.05, 0) is 35.4 Å². The average molecular weight is 456 g/mol. The second kappa shape index (κ2) is 10.4. The second-order valence-corrected chi connectivity index (χ2v) is 8.86. The molecule has 0 radical (unpaired) electrons. The van der Waals surface area contributed by atoms with Crippen molar-refractivity contribution in [1.29, 1.82) is 0 Å². The van der Waals surface area contributed by atoms with E-state index in [2.05, 4.69) is 105 Å². The maximum absolute atomic E-state index is 3.44. The van der Waals surface area contributed by atoms with E-state index in [1.54, 1.807) is 0 Å². The van der Waals surface area contributed by atoms with Crippen molar-refractivity contribution >= 4 is 65.6 Å². The molecule has 0 nitrogen and oxygen atoms in total. The van der Waals surface area contributed by atoms with Gasteiger partial charge in [0.05, 0.1) is 0 Å². The molecule has 0 amide bonds. The molecule has 0 aromatic heterocycles. The molecule has 0 spiro atoms. The predicted octanol–water partition coefficient (Wildman–Crippen LogP) is 7.32. The Morgan fingerprint density at radius 2 is 1.00 bits per heavy atom. The molecule has 2 aromatic rings. The molecule has 0 saturated heterocycles. The Balaban J connectivity index is 1.61. The molecule has 0 atom stereocenters. The zero-order valence-corrected chi connectivity index (χ0v) is 16.7. The Labute approximate surface area is 157 Å². The van der Waals surface area contributed by atoms with Crippen molar-refractivity contribution in [1.82, 2.24) is 0 Å². The zero-order valence-electron chi connectivity index (χ0n) is 11.9. The number of benzene rings is 2. The van der Waals surface area contributed by atoms with Crippen LogP contribution in [0.5, 0.6) is 0 Å². The van der Waals surface area contributed by atoms with Gasteiger partial charge in [0.15, 0.2) is 0 Å². The van der Waals surface area contributed by atoms with Crippen molar-refractivity contribution in [3.05, 3.63) is 80.8 Å². The molecule has 4 heteroatoms. The van der Waals surface area contributed by atoms with Gasteiger partial charge in [-0.25, -0.2) is 0 Å².